The van der Waals surface area contributed by atoms with Crippen LogP contribution < -0.4 is 0 Å². The lowest BCUT2D eigenvalue weighted by Gasteiger charge is -2.14. The van der Waals surface area contributed by atoms with Gasteiger partial charge in [-0.1, -0.05) is 147 Å². The molecule has 11 rings (SSSR count). The smallest absolute Gasteiger partial charge is 0.0541 e. The van der Waals surface area contributed by atoms with Crippen molar-refractivity contribution in [1.29, 1.82) is 0 Å². The Bertz CT molecular complexity index is 3310. The van der Waals surface area contributed by atoms with E-state index in [2.05, 4.69) is 216 Å². The zero-order valence-corrected chi connectivity index (χ0v) is 32.6. The Labute approximate surface area is 338 Å². The van der Waals surface area contributed by atoms with Crippen LogP contribution in [0.3, 0.4) is 0 Å². The van der Waals surface area contributed by atoms with Crippen molar-refractivity contribution in [2.24, 2.45) is 0 Å². The first kappa shape index (κ1) is 34.1. The molecule has 0 saturated carbocycles. The molecule has 0 fully saturated rings. The summed E-state index contributed by atoms with van der Waals surface area (Å²) in [5.41, 5.74) is 15.9. The maximum absolute atomic E-state index is 2.46. The number of nitrogens with zero attached hydrogens (tertiary/aromatic N) is 2. The molecule has 0 aliphatic carbocycles. The monoisotopic (exact) mass is 742 g/mol. The summed E-state index contributed by atoms with van der Waals surface area (Å²) in [7, 11) is 0. The molecular formula is C56H42N2. The Morgan fingerprint density at radius 3 is 1.48 bits per heavy atom. The minimum atomic E-state index is 1.12. The van der Waals surface area contributed by atoms with E-state index in [0.717, 1.165) is 12.1 Å². The summed E-state index contributed by atoms with van der Waals surface area (Å²) in [6.07, 6.45) is 3.54. The van der Waals surface area contributed by atoms with Gasteiger partial charge in [0.15, 0.2) is 0 Å². The number of para-hydroxylation sites is 2. The van der Waals surface area contributed by atoms with E-state index in [1.54, 1.807) is 0 Å². The van der Waals surface area contributed by atoms with Crippen molar-refractivity contribution >= 4 is 54.4 Å². The zero-order valence-electron chi connectivity index (χ0n) is 32.6. The second-order valence-corrected chi connectivity index (χ2v) is 15.6. The largest absolute Gasteiger partial charge is 0.309 e. The lowest BCUT2D eigenvalue weighted by molar-refractivity contribution is 0.795. The van der Waals surface area contributed by atoms with Crippen LogP contribution in [0.5, 0.6) is 0 Å². The third-order valence-corrected chi connectivity index (χ3v) is 12.1. The minimum absolute atomic E-state index is 1.12. The molecule has 276 valence electrons. The highest BCUT2D eigenvalue weighted by atomic mass is 15.0. The van der Waals surface area contributed by atoms with Crippen LogP contribution in [0, 0.1) is 0 Å². The standard InChI is InChI=1S/C56H42N2/c1-2-3-13-38-22-24-41(25-23-38)46-32-45(39-14-5-4-6-15-39)34-48(35-46)58-54-21-12-10-19-50(54)52-37-44(28-31-56(52)58)43-27-30-55-51(36-43)49-18-9-11-20-53(49)57(55)47-29-26-40-16-7-8-17-42(40)33-47/h4-12,14-37H,2-3,13H2,1H3. The maximum atomic E-state index is 2.46. The van der Waals surface area contributed by atoms with E-state index >= 15 is 0 Å². The summed E-state index contributed by atoms with van der Waals surface area (Å²) < 4.78 is 4.87. The number of hydrogen-bond donors (Lipinski definition) is 0. The van der Waals surface area contributed by atoms with Crippen LogP contribution in [0.1, 0.15) is 25.3 Å². The summed E-state index contributed by atoms with van der Waals surface area (Å²) in [6, 6.07) is 74.1. The highest BCUT2D eigenvalue weighted by Gasteiger charge is 2.17. The Kier molecular flexibility index (Phi) is 8.29. The Hall–Kier alpha value is -7.16. The van der Waals surface area contributed by atoms with Gasteiger partial charge in [-0.25, -0.2) is 0 Å². The molecular weight excluding hydrogens is 701 g/mol. The number of aryl methyl sites for hydroxylation is 1. The van der Waals surface area contributed by atoms with E-state index in [1.165, 1.54) is 112 Å². The molecule has 0 N–H and O–H groups in total. The van der Waals surface area contributed by atoms with Crippen LogP contribution in [-0.2, 0) is 6.42 Å². The fourth-order valence-corrected chi connectivity index (χ4v) is 9.13. The number of fused-ring (bicyclic) bond motifs is 7. The molecule has 2 heterocycles. The molecule has 58 heavy (non-hydrogen) atoms. The quantitative estimate of drug-likeness (QED) is 0.147. The lowest BCUT2D eigenvalue weighted by Crippen LogP contribution is -1.96. The predicted octanol–water partition coefficient (Wildman–Crippen LogP) is 15.4. The molecule has 0 amide bonds. The van der Waals surface area contributed by atoms with Crippen molar-refractivity contribution < 1.29 is 0 Å². The molecule has 2 aromatic heterocycles. The highest BCUT2D eigenvalue weighted by Crippen LogP contribution is 2.40. The summed E-state index contributed by atoms with van der Waals surface area (Å²) in [5, 5.41) is 7.51. The first-order valence-electron chi connectivity index (χ1n) is 20.6. The van der Waals surface area contributed by atoms with Gasteiger partial charge in [-0.2, -0.15) is 0 Å². The molecule has 0 aliphatic heterocycles. The lowest BCUT2D eigenvalue weighted by atomic mass is 9.96. The summed E-state index contributed by atoms with van der Waals surface area (Å²) in [5.74, 6) is 0. The third-order valence-electron chi connectivity index (χ3n) is 12.1. The molecule has 2 heteroatoms. The van der Waals surface area contributed by atoms with Crippen molar-refractivity contribution in [3.8, 4) is 44.8 Å². The predicted molar refractivity (Wildman–Crippen MR) is 248 cm³/mol. The molecule has 9 aromatic carbocycles. The normalized spacial score (nSPS) is 11.7. The SMILES string of the molecule is CCCCc1ccc(-c2cc(-c3ccccc3)cc(-n3c4ccccc4c4cc(-c5ccc6c(c5)c5ccccc5n6-c5ccc6ccccc6c5)ccc43)c2)cc1. The number of aromatic nitrogens is 2. The van der Waals surface area contributed by atoms with Gasteiger partial charge in [-0.3, -0.25) is 0 Å². The van der Waals surface area contributed by atoms with Crippen molar-refractivity contribution in [2.45, 2.75) is 26.2 Å². The van der Waals surface area contributed by atoms with Crippen LogP contribution >= 0.6 is 0 Å². The summed E-state index contributed by atoms with van der Waals surface area (Å²) >= 11 is 0. The van der Waals surface area contributed by atoms with Crippen LogP contribution in [0.2, 0.25) is 0 Å². The second kappa shape index (κ2) is 14.1. The molecule has 0 spiro atoms. The molecule has 0 saturated heterocycles. The van der Waals surface area contributed by atoms with Gasteiger partial charge in [0.1, 0.15) is 0 Å². The van der Waals surface area contributed by atoms with Gasteiger partial charge in [-0.15, -0.1) is 0 Å². The topological polar surface area (TPSA) is 9.86 Å². The van der Waals surface area contributed by atoms with Gasteiger partial charge < -0.3 is 9.13 Å². The fraction of sp³-hybridized carbons (Fsp3) is 0.0714. The van der Waals surface area contributed by atoms with E-state index in [4.69, 9.17) is 0 Å². The van der Waals surface area contributed by atoms with Crippen molar-refractivity contribution in [3.63, 3.8) is 0 Å². The minimum Gasteiger partial charge on any atom is -0.309 e. The summed E-state index contributed by atoms with van der Waals surface area (Å²) in [4.78, 5) is 0. The molecule has 0 atom stereocenters. The van der Waals surface area contributed by atoms with Crippen LogP contribution in [-0.4, -0.2) is 9.13 Å². The Morgan fingerprint density at radius 2 is 0.845 bits per heavy atom. The Balaban J connectivity index is 1.06. The first-order valence-corrected chi connectivity index (χ1v) is 20.6. The molecule has 11 aromatic rings. The van der Waals surface area contributed by atoms with E-state index in [0.29, 0.717) is 0 Å². The van der Waals surface area contributed by atoms with Gasteiger partial charge >= 0.3 is 0 Å². The van der Waals surface area contributed by atoms with Gasteiger partial charge in [0.25, 0.3) is 0 Å². The second-order valence-electron chi connectivity index (χ2n) is 15.6. The molecule has 0 unspecified atom stereocenters. The Morgan fingerprint density at radius 1 is 0.328 bits per heavy atom. The van der Waals surface area contributed by atoms with Crippen LogP contribution in [0.25, 0.3) is 99.1 Å². The number of hydrogen-bond acceptors (Lipinski definition) is 0. The summed E-state index contributed by atoms with van der Waals surface area (Å²) in [6.45, 7) is 2.26. The van der Waals surface area contributed by atoms with Crippen molar-refractivity contribution in [1.82, 2.24) is 9.13 Å². The average Bonchev–Trinajstić information content (AvgIpc) is 3.81. The van der Waals surface area contributed by atoms with E-state index in [-0.39, 0.29) is 0 Å². The molecule has 0 radical (unpaired) electrons. The first-order chi connectivity index (χ1) is 28.7. The van der Waals surface area contributed by atoms with Crippen LogP contribution in [0.4, 0.5) is 0 Å². The van der Waals surface area contributed by atoms with Gasteiger partial charge in [-0.05, 0) is 129 Å². The fourth-order valence-electron chi connectivity index (χ4n) is 9.13. The zero-order chi connectivity index (χ0) is 38.6. The van der Waals surface area contributed by atoms with Gasteiger partial charge in [0.2, 0.25) is 0 Å². The van der Waals surface area contributed by atoms with E-state index in [1.807, 2.05) is 0 Å². The highest BCUT2D eigenvalue weighted by molar-refractivity contribution is 6.13. The average molecular weight is 743 g/mol. The van der Waals surface area contributed by atoms with Crippen molar-refractivity contribution in [3.05, 3.63) is 206 Å². The van der Waals surface area contributed by atoms with Crippen molar-refractivity contribution in [2.75, 3.05) is 0 Å². The third kappa shape index (κ3) is 5.80. The number of unbranched alkanes of at least 4 members (excludes halogenated alkanes) is 1. The maximum Gasteiger partial charge on any atom is 0.0541 e. The molecule has 0 bridgehead atoms. The van der Waals surface area contributed by atoms with Crippen LogP contribution in [0.15, 0.2) is 200 Å². The molecule has 0 aliphatic rings. The number of rotatable bonds is 8. The van der Waals surface area contributed by atoms with E-state index < -0.39 is 0 Å². The molecule has 2 nitrogen and oxygen atoms in total. The number of benzene rings is 9. The van der Waals surface area contributed by atoms with E-state index in [9.17, 15) is 0 Å². The van der Waals surface area contributed by atoms with Gasteiger partial charge in [0.05, 0.1) is 22.1 Å². The van der Waals surface area contributed by atoms with Gasteiger partial charge in [0, 0.05) is 32.9 Å².